The van der Waals surface area contributed by atoms with Crippen molar-refractivity contribution in [3.63, 3.8) is 0 Å². The van der Waals surface area contributed by atoms with Crippen molar-refractivity contribution >= 4 is 32.8 Å². The third-order valence-corrected chi connectivity index (χ3v) is 3.43. The van der Waals surface area contributed by atoms with Crippen LogP contribution >= 0.6 is 0 Å². The van der Waals surface area contributed by atoms with Gasteiger partial charge in [0.2, 0.25) is 0 Å². The second kappa shape index (κ2) is 5.33. The maximum absolute atomic E-state index is 4.45. The Balaban J connectivity index is 2.07. The van der Waals surface area contributed by atoms with Gasteiger partial charge in [0.1, 0.15) is 5.52 Å². The molecule has 0 radical (unpaired) electrons. The van der Waals surface area contributed by atoms with Crippen LogP contribution in [0, 0.1) is 0 Å². The summed E-state index contributed by atoms with van der Waals surface area (Å²) in [5, 5.41) is 3.10. The van der Waals surface area contributed by atoms with Crippen LogP contribution in [0.2, 0.25) is 0 Å². The number of fused-ring (bicyclic) bond motifs is 4. The summed E-state index contributed by atoms with van der Waals surface area (Å²) >= 11 is 0. The topological polar surface area (TPSA) is 51.6 Å². The Kier molecular flexibility index (Phi) is 3.05. The number of nitrogens with zero attached hydrogens (tertiary/aromatic N) is 4. The molecule has 22 heavy (non-hydrogen) atoms. The summed E-state index contributed by atoms with van der Waals surface area (Å²) in [5.74, 6) is 0. The molecule has 104 valence electrons. The maximum atomic E-state index is 4.45. The van der Waals surface area contributed by atoms with E-state index in [4.69, 9.17) is 0 Å². The smallest absolute Gasteiger partial charge is 0.179 e. The van der Waals surface area contributed by atoms with Gasteiger partial charge in [0, 0.05) is 24.0 Å². The van der Waals surface area contributed by atoms with Gasteiger partial charge in [-0.3, -0.25) is 9.97 Å². The second-order valence-corrected chi connectivity index (χ2v) is 4.90. The molecular weight excluding hydrogens is 272 g/mol. The van der Waals surface area contributed by atoms with Gasteiger partial charge >= 0.3 is 0 Å². The fourth-order valence-electron chi connectivity index (χ4n) is 2.26. The molecule has 4 rings (SSSR count). The molecule has 0 aliphatic rings. The first-order valence-electron chi connectivity index (χ1n) is 6.99. The normalized spacial score (nSPS) is 10.7. The Hall–Kier alpha value is -3.14. The Bertz CT molecular complexity index is 1040. The van der Waals surface area contributed by atoms with Crippen molar-refractivity contribution in [2.45, 2.75) is 0 Å². The molecule has 0 saturated heterocycles. The van der Waals surface area contributed by atoms with Gasteiger partial charge in [0.15, 0.2) is 5.65 Å². The van der Waals surface area contributed by atoms with Crippen LogP contribution in [0.3, 0.4) is 0 Å². The van der Waals surface area contributed by atoms with Gasteiger partial charge in [-0.1, -0.05) is 42.5 Å². The zero-order valence-electron chi connectivity index (χ0n) is 11.7. The van der Waals surface area contributed by atoms with Gasteiger partial charge < -0.3 is 0 Å². The lowest BCUT2D eigenvalue weighted by Crippen LogP contribution is -1.74. The van der Waals surface area contributed by atoms with Gasteiger partial charge in [-0.2, -0.15) is 0 Å². The van der Waals surface area contributed by atoms with Gasteiger partial charge in [0.05, 0.1) is 11.7 Å². The molecule has 0 aliphatic heterocycles. The molecule has 4 aromatic rings. The standard InChI is InChI=1S/C18H12N4/c1-2-6-13-7-3-4-8-14(13)10-19-11-15-16(20-9-5-1)12-21-18-17(15)22-18/h1-12H. The molecule has 0 atom stereocenters. The monoisotopic (exact) mass is 284 g/mol. The van der Waals surface area contributed by atoms with Crippen molar-refractivity contribution in [2.24, 2.45) is 0 Å². The summed E-state index contributed by atoms with van der Waals surface area (Å²) in [6.45, 7) is 0. The van der Waals surface area contributed by atoms with Crippen molar-refractivity contribution in [3.8, 4) is 0 Å². The SMILES string of the molecule is c1ccnc2cnc3nc3c2cncc2ccccc2cc1. The molecule has 0 saturated carbocycles. The molecule has 0 bridgehead atoms. The number of hydrogen-bond donors (Lipinski definition) is 0. The van der Waals surface area contributed by atoms with Gasteiger partial charge in [0.25, 0.3) is 0 Å². The maximum Gasteiger partial charge on any atom is 0.179 e. The van der Waals surface area contributed by atoms with E-state index in [2.05, 4.69) is 32.1 Å². The van der Waals surface area contributed by atoms with E-state index in [0.717, 1.165) is 32.8 Å². The molecule has 0 N–H and O–H groups in total. The number of pyridine rings is 1. The molecule has 0 fully saturated rings. The Morgan fingerprint density at radius 1 is 0.682 bits per heavy atom. The fourth-order valence-corrected chi connectivity index (χ4v) is 2.26. The van der Waals surface area contributed by atoms with Crippen LogP contribution in [0.1, 0.15) is 0 Å². The second-order valence-electron chi connectivity index (χ2n) is 4.90. The highest BCUT2D eigenvalue weighted by molar-refractivity contribution is 6.05. The van der Waals surface area contributed by atoms with E-state index < -0.39 is 0 Å². The minimum absolute atomic E-state index is 0.776. The average molecular weight is 284 g/mol. The lowest BCUT2D eigenvalue weighted by Gasteiger charge is -1.89. The van der Waals surface area contributed by atoms with E-state index in [9.17, 15) is 0 Å². The molecule has 0 unspecified atom stereocenters. The molecule has 1 aromatic carbocycles. The van der Waals surface area contributed by atoms with E-state index in [-0.39, 0.29) is 0 Å². The van der Waals surface area contributed by atoms with Crippen molar-refractivity contribution in [1.82, 2.24) is 19.9 Å². The van der Waals surface area contributed by atoms with E-state index in [0.29, 0.717) is 0 Å². The third-order valence-electron chi connectivity index (χ3n) is 3.43. The van der Waals surface area contributed by atoms with Crippen LogP contribution < -0.4 is 0 Å². The Morgan fingerprint density at radius 3 is 2.41 bits per heavy atom. The van der Waals surface area contributed by atoms with Crippen LogP contribution in [0.5, 0.6) is 0 Å². The zero-order chi connectivity index (χ0) is 14.8. The number of rotatable bonds is 0. The summed E-state index contributed by atoms with van der Waals surface area (Å²) in [7, 11) is 0. The molecule has 0 spiro atoms. The summed E-state index contributed by atoms with van der Waals surface area (Å²) in [6, 6.07) is 16.0. The first-order valence-corrected chi connectivity index (χ1v) is 6.99. The van der Waals surface area contributed by atoms with E-state index in [1.54, 1.807) is 18.6 Å². The van der Waals surface area contributed by atoms with Crippen molar-refractivity contribution < 1.29 is 0 Å². The number of aromatic nitrogens is 4. The average Bonchev–Trinajstić information content (AvgIpc) is 3.32. The zero-order valence-corrected chi connectivity index (χ0v) is 11.7. The van der Waals surface area contributed by atoms with Crippen LogP contribution in [0.25, 0.3) is 32.8 Å². The van der Waals surface area contributed by atoms with Gasteiger partial charge in [-0.25, -0.2) is 9.97 Å². The molecule has 3 heterocycles. The minimum atomic E-state index is 0.776. The summed E-state index contributed by atoms with van der Waals surface area (Å²) in [6.07, 6.45) is 7.13. The van der Waals surface area contributed by atoms with Crippen LogP contribution in [-0.4, -0.2) is 19.9 Å². The van der Waals surface area contributed by atoms with E-state index in [1.807, 2.05) is 42.6 Å². The first-order chi connectivity index (χ1) is 10.9. The predicted octanol–water partition coefficient (Wildman–Crippen LogP) is 3.85. The van der Waals surface area contributed by atoms with E-state index in [1.165, 1.54) is 0 Å². The highest BCUT2D eigenvalue weighted by Crippen LogP contribution is 2.22. The molecule has 0 amide bonds. The van der Waals surface area contributed by atoms with Crippen LogP contribution in [0.4, 0.5) is 0 Å². The largest absolute Gasteiger partial charge is 0.263 e. The first kappa shape index (κ1) is 12.6. The predicted molar refractivity (Wildman–Crippen MR) is 87.8 cm³/mol. The van der Waals surface area contributed by atoms with Crippen LogP contribution in [-0.2, 0) is 0 Å². The van der Waals surface area contributed by atoms with Crippen molar-refractivity contribution in [2.75, 3.05) is 0 Å². The van der Waals surface area contributed by atoms with Crippen molar-refractivity contribution in [3.05, 3.63) is 73.3 Å². The lowest BCUT2D eigenvalue weighted by molar-refractivity contribution is 1.36. The highest BCUT2D eigenvalue weighted by atomic mass is 15.0. The molecule has 4 heteroatoms. The van der Waals surface area contributed by atoms with Crippen molar-refractivity contribution in [1.29, 1.82) is 0 Å². The fraction of sp³-hybridized carbons (Fsp3) is 0. The highest BCUT2D eigenvalue weighted by Gasteiger charge is 2.09. The third kappa shape index (κ3) is 2.42. The summed E-state index contributed by atoms with van der Waals surface area (Å²) in [4.78, 5) is 17.3. The van der Waals surface area contributed by atoms with Gasteiger partial charge in [-0.05, 0) is 16.8 Å². The Morgan fingerprint density at radius 2 is 1.50 bits per heavy atom. The van der Waals surface area contributed by atoms with Gasteiger partial charge in [-0.15, -0.1) is 0 Å². The number of hydrogen-bond acceptors (Lipinski definition) is 4. The quantitative estimate of drug-likeness (QED) is 0.492. The molecular formula is C18H12N4. The van der Waals surface area contributed by atoms with E-state index >= 15 is 0 Å². The summed E-state index contributed by atoms with van der Waals surface area (Å²) in [5.41, 5.74) is 2.44. The lowest BCUT2D eigenvalue weighted by atomic mass is 10.2. The Labute approximate surface area is 126 Å². The molecule has 3 aromatic heterocycles. The minimum Gasteiger partial charge on any atom is -0.263 e. The molecule has 0 aliphatic carbocycles. The number of benzene rings is 1. The molecule has 4 nitrogen and oxygen atoms in total. The van der Waals surface area contributed by atoms with Crippen LogP contribution in [0.15, 0.2) is 73.3 Å². The summed E-state index contributed by atoms with van der Waals surface area (Å²) < 4.78 is 0.